The van der Waals surface area contributed by atoms with Crippen molar-refractivity contribution in [1.29, 1.82) is 0 Å². The van der Waals surface area contributed by atoms with E-state index >= 15 is 0 Å². The van der Waals surface area contributed by atoms with E-state index in [-0.39, 0.29) is 0 Å². The number of piperidine rings is 1. The van der Waals surface area contributed by atoms with Crippen LogP contribution in [0.4, 0.5) is 5.82 Å². The smallest absolute Gasteiger partial charge is 0.210 e. The van der Waals surface area contributed by atoms with Gasteiger partial charge in [-0.25, -0.2) is 17.7 Å². The molecule has 0 amide bonds. The minimum atomic E-state index is -3.08. The first kappa shape index (κ1) is 20.5. The molecule has 3 heterocycles. The van der Waals surface area contributed by atoms with Crippen LogP contribution in [0.2, 0.25) is 0 Å². The zero-order valence-corrected chi connectivity index (χ0v) is 17.4. The Kier molecular flexibility index (Phi) is 7.08. The molecular formula is C19H33N5O2S. The maximum absolute atomic E-state index is 11.6. The van der Waals surface area contributed by atoms with E-state index in [1.807, 2.05) is 18.3 Å². The van der Waals surface area contributed by atoms with Gasteiger partial charge in [0, 0.05) is 65.6 Å². The van der Waals surface area contributed by atoms with Gasteiger partial charge in [-0.3, -0.25) is 4.90 Å². The van der Waals surface area contributed by atoms with Crippen LogP contribution < -0.4 is 4.90 Å². The summed E-state index contributed by atoms with van der Waals surface area (Å²) in [5.41, 5.74) is 0. The molecule has 0 aliphatic carbocycles. The number of piperazine rings is 1. The van der Waals surface area contributed by atoms with E-state index in [2.05, 4.69) is 25.8 Å². The molecule has 1 aromatic heterocycles. The van der Waals surface area contributed by atoms with E-state index < -0.39 is 10.0 Å². The first-order chi connectivity index (χ1) is 12.9. The maximum Gasteiger partial charge on any atom is 0.210 e. The average Bonchev–Trinajstić information content (AvgIpc) is 2.67. The molecule has 0 saturated carbocycles. The van der Waals surface area contributed by atoms with Crippen LogP contribution in [0.15, 0.2) is 24.4 Å². The molecule has 7 nitrogen and oxygen atoms in total. The first-order valence-electron chi connectivity index (χ1n) is 9.94. The van der Waals surface area contributed by atoms with Crippen LogP contribution in [0, 0.1) is 5.92 Å². The lowest BCUT2D eigenvalue weighted by molar-refractivity contribution is 0.126. The predicted octanol–water partition coefficient (Wildman–Crippen LogP) is 0.807. The molecule has 0 spiro atoms. The number of hydrogen-bond donors (Lipinski definition) is 0. The molecule has 0 aromatic carbocycles. The van der Waals surface area contributed by atoms with Gasteiger partial charge in [0.25, 0.3) is 0 Å². The molecule has 152 valence electrons. The quantitative estimate of drug-likeness (QED) is 0.681. The van der Waals surface area contributed by atoms with Crippen molar-refractivity contribution in [2.24, 2.45) is 5.92 Å². The highest BCUT2D eigenvalue weighted by molar-refractivity contribution is 7.88. The lowest BCUT2D eigenvalue weighted by Crippen LogP contribution is -2.50. The summed E-state index contributed by atoms with van der Waals surface area (Å²) in [4.78, 5) is 11.8. The third-order valence-electron chi connectivity index (χ3n) is 5.76. The number of sulfonamides is 1. The first-order valence-corrected chi connectivity index (χ1v) is 11.8. The van der Waals surface area contributed by atoms with Crippen molar-refractivity contribution in [1.82, 2.24) is 19.1 Å². The second kappa shape index (κ2) is 9.32. The van der Waals surface area contributed by atoms with E-state index in [4.69, 9.17) is 0 Å². The minimum Gasteiger partial charge on any atom is -0.354 e. The molecule has 0 bridgehead atoms. The monoisotopic (exact) mass is 395 g/mol. The molecule has 2 aliphatic rings. The number of anilines is 1. The summed E-state index contributed by atoms with van der Waals surface area (Å²) in [6.45, 7) is 8.96. The van der Waals surface area contributed by atoms with Crippen molar-refractivity contribution in [2.45, 2.75) is 12.8 Å². The number of rotatable bonds is 7. The molecule has 0 radical (unpaired) electrons. The van der Waals surface area contributed by atoms with E-state index in [9.17, 15) is 8.42 Å². The fourth-order valence-corrected chi connectivity index (χ4v) is 4.43. The van der Waals surface area contributed by atoms with E-state index in [1.165, 1.54) is 23.4 Å². The molecule has 0 unspecified atom stereocenters. The van der Waals surface area contributed by atoms with E-state index in [0.29, 0.717) is 12.5 Å². The standard InChI is InChI=1S/C19H33N5O2S/c1-21(27(2,25)26)10-11-22-9-5-6-18(16-22)17-23-12-14-24(15-13-23)19-7-3-4-8-20-19/h3-4,7-8,18H,5-6,9-17H2,1-2H3/t18-/m0/s1. The minimum absolute atomic E-state index is 0.578. The van der Waals surface area contributed by atoms with Crippen LogP contribution in [-0.2, 0) is 10.0 Å². The second-order valence-electron chi connectivity index (χ2n) is 7.87. The molecule has 2 saturated heterocycles. The number of likely N-dealkylation sites (tertiary alicyclic amines) is 1. The Morgan fingerprint density at radius 2 is 1.93 bits per heavy atom. The van der Waals surface area contributed by atoms with Gasteiger partial charge >= 0.3 is 0 Å². The zero-order chi connectivity index (χ0) is 19.3. The Morgan fingerprint density at radius 1 is 1.15 bits per heavy atom. The average molecular weight is 396 g/mol. The van der Waals surface area contributed by atoms with Gasteiger partial charge in [0.05, 0.1) is 6.26 Å². The number of nitrogens with zero attached hydrogens (tertiary/aromatic N) is 5. The van der Waals surface area contributed by atoms with Gasteiger partial charge in [0.2, 0.25) is 10.0 Å². The molecule has 2 aliphatic heterocycles. The van der Waals surface area contributed by atoms with Crippen molar-refractivity contribution in [3.63, 3.8) is 0 Å². The van der Waals surface area contributed by atoms with Crippen molar-refractivity contribution in [3.05, 3.63) is 24.4 Å². The second-order valence-corrected chi connectivity index (χ2v) is 9.96. The summed E-state index contributed by atoms with van der Waals surface area (Å²) < 4.78 is 24.6. The number of pyridine rings is 1. The van der Waals surface area contributed by atoms with E-state index in [0.717, 1.165) is 58.2 Å². The summed E-state index contributed by atoms with van der Waals surface area (Å²) in [5.74, 6) is 1.76. The summed E-state index contributed by atoms with van der Waals surface area (Å²) >= 11 is 0. The third-order valence-corrected chi connectivity index (χ3v) is 7.08. The Morgan fingerprint density at radius 3 is 2.59 bits per heavy atom. The third kappa shape index (κ3) is 6.14. The Labute approximate surface area is 164 Å². The normalized spacial score (nSPS) is 23.1. The molecule has 8 heteroatoms. The maximum atomic E-state index is 11.6. The van der Waals surface area contributed by atoms with Crippen molar-refractivity contribution < 1.29 is 8.42 Å². The van der Waals surface area contributed by atoms with Gasteiger partial charge in [-0.05, 0) is 37.4 Å². The Bertz CT molecular complexity index is 677. The summed E-state index contributed by atoms with van der Waals surface area (Å²) in [6, 6.07) is 6.09. The van der Waals surface area contributed by atoms with E-state index in [1.54, 1.807) is 7.05 Å². The van der Waals surface area contributed by atoms with Crippen molar-refractivity contribution >= 4 is 15.8 Å². The van der Waals surface area contributed by atoms with Crippen LogP contribution in [0.3, 0.4) is 0 Å². The van der Waals surface area contributed by atoms with Crippen LogP contribution >= 0.6 is 0 Å². The lowest BCUT2D eigenvalue weighted by Gasteiger charge is -2.39. The van der Waals surface area contributed by atoms with Gasteiger partial charge in [0.1, 0.15) is 5.82 Å². The fraction of sp³-hybridized carbons (Fsp3) is 0.737. The van der Waals surface area contributed by atoms with Gasteiger partial charge < -0.3 is 9.80 Å². The van der Waals surface area contributed by atoms with Gasteiger partial charge in [-0.15, -0.1) is 0 Å². The highest BCUT2D eigenvalue weighted by Crippen LogP contribution is 2.19. The Hall–Kier alpha value is -1.22. The highest BCUT2D eigenvalue weighted by Gasteiger charge is 2.25. The SMILES string of the molecule is CN(CCN1CCC[C@H](CN2CCN(c3ccccn3)CC2)C1)S(C)(=O)=O. The molecule has 2 fully saturated rings. The molecule has 0 N–H and O–H groups in total. The topological polar surface area (TPSA) is 60.0 Å². The summed E-state index contributed by atoms with van der Waals surface area (Å²) in [5, 5.41) is 0. The summed E-state index contributed by atoms with van der Waals surface area (Å²) in [7, 11) is -1.41. The molecule has 3 rings (SSSR count). The van der Waals surface area contributed by atoms with Crippen molar-refractivity contribution in [3.8, 4) is 0 Å². The molecule has 1 aromatic rings. The molecule has 1 atom stereocenters. The van der Waals surface area contributed by atoms with Crippen LogP contribution in [0.5, 0.6) is 0 Å². The number of aromatic nitrogens is 1. The summed E-state index contributed by atoms with van der Waals surface area (Å²) in [6.07, 6.45) is 5.62. The van der Waals surface area contributed by atoms with Crippen molar-refractivity contribution in [2.75, 3.05) is 77.1 Å². The number of likely N-dealkylation sites (N-methyl/N-ethyl adjacent to an activating group) is 1. The predicted molar refractivity (Wildman–Crippen MR) is 110 cm³/mol. The van der Waals surface area contributed by atoms with Crippen LogP contribution in [0.1, 0.15) is 12.8 Å². The largest absolute Gasteiger partial charge is 0.354 e. The lowest BCUT2D eigenvalue weighted by atomic mass is 9.97. The van der Waals surface area contributed by atoms with Gasteiger partial charge in [-0.1, -0.05) is 6.07 Å². The van der Waals surface area contributed by atoms with Crippen LogP contribution in [-0.4, -0.2) is 99.7 Å². The van der Waals surface area contributed by atoms with Gasteiger partial charge in [0.15, 0.2) is 0 Å². The fourth-order valence-electron chi connectivity index (χ4n) is 4.02. The highest BCUT2D eigenvalue weighted by atomic mass is 32.2. The number of hydrogen-bond acceptors (Lipinski definition) is 6. The van der Waals surface area contributed by atoms with Crippen LogP contribution in [0.25, 0.3) is 0 Å². The van der Waals surface area contributed by atoms with Gasteiger partial charge in [-0.2, -0.15) is 0 Å². The molecular weight excluding hydrogens is 362 g/mol. The molecule has 27 heavy (non-hydrogen) atoms. The zero-order valence-electron chi connectivity index (χ0n) is 16.6. The Balaban J connectivity index is 1.41.